The number of aromatic nitrogens is 2. The largest absolute Gasteiger partial charge is 0.492 e. The minimum absolute atomic E-state index is 0.119. The lowest BCUT2D eigenvalue weighted by Gasteiger charge is -2.28. The molecule has 4 rings (SSSR count). The van der Waals surface area contributed by atoms with E-state index in [2.05, 4.69) is 10.2 Å². The van der Waals surface area contributed by atoms with Gasteiger partial charge in [0.05, 0.1) is 29.9 Å². The lowest BCUT2D eigenvalue weighted by atomic mass is 10.2. The summed E-state index contributed by atoms with van der Waals surface area (Å²) in [4.78, 5) is 20.4. The Kier molecular flexibility index (Phi) is 5.90. The van der Waals surface area contributed by atoms with Gasteiger partial charge < -0.3 is 15.8 Å². The molecule has 0 unspecified atom stereocenters. The zero-order valence-corrected chi connectivity index (χ0v) is 17.4. The molecule has 158 valence electrons. The van der Waals surface area contributed by atoms with Gasteiger partial charge in [-0.05, 0) is 31.2 Å². The van der Waals surface area contributed by atoms with Crippen molar-refractivity contribution in [3.63, 3.8) is 0 Å². The van der Waals surface area contributed by atoms with E-state index in [1.165, 1.54) is 16.7 Å². The molecule has 2 heterocycles. The van der Waals surface area contributed by atoms with Crippen molar-refractivity contribution in [1.82, 2.24) is 19.8 Å². The number of hydrogen-bond acceptors (Lipinski definition) is 6. The van der Waals surface area contributed by atoms with Crippen molar-refractivity contribution in [3.05, 3.63) is 57.3 Å². The van der Waals surface area contributed by atoms with Crippen LogP contribution in [0.3, 0.4) is 0 Å². The van der Waals surface area contributed by atoms with Gasteiger partial charge in [0.1, 0.15) is 22.9 Å². The number of nitrogens with zero attached hydrogens (tertiary/aromatic N) is 3. The molecular formula is C21H23ClFN5O2. The molecule has 30 heavy (non-hydrogen) atoms. The van der Waals surface area contributed by atoms with Gasteiger partial charge >= 0.3 is 0 Å². The van der Waals surface area contributed by atoms with Crippen LogP contribution in [0.15, 0.2) is 35.1 Å². The van der Waals surface area contributed by atoms with Crippen LogP contribution in [0.5, 0.6) is 5.75 Å². The molecule has 3 aromatic rings. The number of nitrogens with two attached hydrogens (primary N) is 1. The van der Waals surface area contributed by atoms with Crippen LogP contribution in [0, 0.1) is 5.82 Å². The number of halogens is 2. The highest BCUT2D eigenvalue weighted by Crippen LogP contribution is 2.28. The lowest BCUT2D eigenvalue weighted by Crippen LogP contribution is -2.44. The summed E-state index contributed by atoms with van der Waals surface area (Å²) in [6.45, 7) is 6.06. The number of hydrogen-bond donors (Lipinski definition) is 2. The zero-order chi connectivity index (χ0) is 21.3. The fourth-order valence-corrected chi connectivity index (χ4v) is 3.85. The zero-order valence-electron chi connectivity index (χ0n) is 16.6. The molecule has 3 N–H and O–H groups in total. The number of anilines is 1. The fraction of sp³-hybridized carbons (Fsp3) is 0.333. The third kappa shape index (κ3) is 3.98. The number of benzene rings is 2. The minimum Gasteiger partial charge on any atom is -0.492 e. The SMILES string of the molecule is CCOc1cc(Cl)ccc1-n1c(CN2CCNCC2)nc2c(N)cc(F)cc2c1=O. The monoisotopic (exact) mass is 431 g/mol. The van der Waals surface area contributed by atoms with Crippen LogP contribution in [0.2, 0.25) is 5.02 Å². The van der Waals surface area contributed by atoms with E-state index in [9.17, 15) is 9.18 Å². The van der Waals surface area contributed by atoms with E-state index in [1.54, 1.807) is 18.2 Å². The Morgan fingerprint density at radius 2 is 2.03 bits per heavy atom. The van der Waals surface area contributed by atoms with E-state index in [-0.39, 0.29) is 11.1 Å². The molecule has 1 aromatic heterocycles. The second-order valence-electron chi connectivity index (χ2n) is 7.13. The highest BCUT2D eigenvalue weighted by molar-refractivity contribution is 6.30. The second-order valence-corrected chi connectivity index (χ2v) is 7.57. The van der Waals surface area contributed by atoms with Crippen LogP contribution in [0.25, 0.3) is 16.6 Å². The fourth-order valence-electron chi connectivity index (χ4n) is 3.69. The molecule has 7 nitrogen and oxygen atoms in total. The first-order valence-electron chi connectivity index (χ1n) is 9.84. The van der Waals surface area contributed by atoms with Crippen molar-refractivity contribution in [2.45, 2.75) is 13.5 Å². The molecule has 1 saturated heterocycles. The maximum absolute atomic E-state index is 14.0. The van der Waals surface area contributed by atoms with Crippen molar-refractivity contribution in [1.29, 1.82) is 0 Å². The van der Waals surface area contributed by atoms with E-state index in [4.69, 9.17) is 27.1 Å². The van der Waals surface area contributed by atoms with E-state index in [1.807, 2.05) is 6.92 Å². The summed E-state index contributed by atoms with van der Waals surface area (Å²) < 4.78 is 21.2. The third-order valence-corrected chi connectivity index (χ3v) is 5.31. The molecule has 0 atom stereocenters. The Morgan fingerprint density at radius 3 is 2.77 bits per heavy atom. The van der Waals surface area contributed by atoms with Crippen molar-refractivity contribution in [3.8, 4) is 11.4 Å². The smallest absolute Gasteiger partial charge is 0.266 e. The van der Waals surface area contributed by atoms with Gasteiger partial charge in [-0.3, -0.25) is 14.3 Å². The first-order chi connectivity index (χ1) is 14.5. The molecule has 9 heteroatoms. The van der Waals surface area contributed by atoms with Gasteiger partial charge in [-0.2, -0.15) is 0 Å². The topological polar surface area (TPSA) is 85.4 Å². The lowest BCUT2D eigenvalue weighted by molar-refractivity contribution is 0.226. The summed E-state index contributed by atoms with van der Waals surface area (Å²) in [5.41, 5.74) is 6.54. The average Bonchev–Trinajstić information content (AvgIpc) is 2.71. The molecule has 2 aromatic carbocycles. The summed E-state index contributed by atoms with van der Waals surface area (Å²) in [5.74, 6) is 0.386. The molecule has 1 aliphatic rings. The number of piperazine rings is 1. The molecule has 0 radical (unpaired) electrons. The first kappa shape index (κ1) is 20.6. The molecule has 0 spiro atoms. The number of rotatable bonds is 5. The van der Waals surface area contributed by atoms with E-state index < -0.39 is 11.4 Å². The predicted octanol–water partition coefficient (Wildman–Crippen LogP) is 2.56. The van der Waals surface area contributed by atoms with Crippen molar-refractivity contribution in [2.24, 2.45) is 0 Å². The summed E-state index contributed by atoms with van der Waals surface area (Å²) in [7, 11) is 0. The molecule has 0 bridgehead atoms. The third-order valence-electron chi connectivity index (χ3n) is 5.07. The normalized spacial score (nSPS) is 14.9. The highest BCUT2D eigenvalue weighted by atomic mass is 35.5. The van der Waals surface area contributed by atoms with Crippen LogP contribution >= 0.6 is 11.6 Å². The van der Waals surface area contributed by atoms with Crippen LogP contribution < -0.4 is 21.3 Å². The van der Waals surface area contributed by atoms with Crippen LogP contribution in [0.1, 0.15) is 12.7 Å². The van der Waals surface area contributed by atoms with E-state index in [0.29, 0.717) is 41.0 Å². The number of fused-ring (bicyclic) bond motifs is 1. The van der Waals surface area contributed by atoms with Crippen LogP contribution in [0.4, 0.5) is 10.1 Å². The van der Waals surface area contributed by atoms with Gasteiger partial charge in [-0.25, -0.2) is 9.37 Å². The van der Waals surface area contributed by atoms with Crippen molar-refractivity contribution >= 4 is 28.2 Å². The van der Waals surface area contributed by atoms with Crippen LogP contribution in [-0.2, 0) is 6.54 Å². The van der Waals surface area contributed by atoms with Gasteiger partial charge in [0.2, 0.25) is 0 Å². The summed E-state index contributed by atoms with van der Waals surface area (Å²) >= 11 is 6.15. The first-order valence-corrected chi connectivity index (χ1v) is 10.2. The number of nitrogens with one attached hydrogen (secondary N) is 1. The Morgan fingerprint density at radius 1 is 1.27 bits per heavy atom. The van der Waals surface area contributed by atoms with E-state index >= 15 is 0 Å². The van der Waals surface area contributed by atoms with Crippen molar-refractivity contribution in [2.75, 3.05) is 38.5 Å². The average molecular weight is 432 g/mol. The predicted molar refractivity (Wildman–Crippen MR) is 116 cm³/mol. The van der Waals surface area contributed by atoms with Crippen LogP contribution in [-0.4, -0.2) is 47.2 Å². The molecule has 0 amide bonds. The Balaban J connectivity index is 1.97. The number of ether oxygens (including phenoxy) is 1. The molecule has 1 fully saturated rings. The Hall–Kier alpha value is -2.68. The quantitative estimate of drug-likeness (QED) is 0.604. The molecule has 1 aliphatic heterocycles. The molecule has 0 saturated carbocycles. The second kappa shape index (κ2) is 8.59. The van der Waals surface area contributed by atoms with Gasteiger partial charge in [0.15, 0.2) is 0 Å². The summed E-state index contributed by atoms with van der Waals surface area (Å²) in [6.07, 6.45) is 0. The molecular weight excluding hydrogens is 409 g/mol. The number of nitrogen functional groups attached to an aromatic ring is 1. The van der Waals surface area contributed by atoms with Gasteiger partial charge in [-0.1, -0.05) is 11.6 Å². The van der Waals surface area contributed by atoms with Gasteiger partial charge in [-0.15, -0.1) is 0 Å². The van der Waals surface area contributed by atoms with Crippen molar-refractivity contribution < 1.29 is 9.13 Å². The maximum Gasteiger partial charge on any atom is 0.266 e. The Bertz CT molecular complexity index is 1140. The van der Waals surface area contributed by atoms with Gasteiger partial charge in [0.25, 0.3) is 5.56 Å². The Labute approximate surface area is 178 Å². The highest BCUT2D eigenvalue weighted by Gasteiger charge is 2.21. The van der Waals surface area contributed by atoms with Gasteiger partial charge in [0, 0.05) is 37.3 Å². The summed E-state index contributed by atoms with van der Waals surface area (Å²) in [5, 5.41) is 3.92. The summed E-state index contributed by atoms with van der Waals surface area (Å²) in [6, 6.07) is 7.41. The minimum atomic E-state index is -0.582. The standard InChI is InChI=1S/C21H23ClFN5O2/c1-2-30-18-9-13(22)3-4-17(18)28-19(12-27-7-5-25-6-8-27)26-20-15(21(28)29)10-14(23)11-16(20)24/h3-4,9-11,25H,2,5-8,12,24H2,1H3. The maximum atomic E-state index is 14.0. The molecule has 0 aliphatic carbocycles. The van der Waals surface area contributed by atoms with E-state index in [0.717, 1.165) is 26.2 Å².